The highest BCUT2D eigenvalue weighted by molar-refractivity contribution is 6.48. The van der Waals surface area contributed by atoms with Gasteiger partial charge in [0, 0.05) is 5.41 Å². The molecule has 0 heterocycles. The average Bonchev–Trinajstić information content (AvgIpc) is 1.95. The largest absolute Gasteiger partial charge is 0.405 e. The van der Waals surface area contributed by atoms with Crippen LogP contribution in [0.5, 0.6) is 0 Å². The van der Waals surface area contributed by atoms with Crippen molar-refractivity contribution >= 4 is 9.04 Å². The summed E-state index contributed by atoms with van der Waals surface area (Å²) in [6.45, 7) is 14.3. The Hall–Kier alpha value is 0.137. The fraction of sp³-hybridized carbons (Fsp3) is 1.00. The molecule has 1 N–H and O–H groups in total. The van der Waals surface area contributed by atoms with Gasteiger partial charge in [-0.25, -0.2) is 0 Å². The fourth-order valence-electron chi connectivity index (χ4n) is 1.11. The van der Waals surface area contributed by atoms with E-state index in [4.69, 9.17) is 4.43 Å². The van der Waals surface area contributed by atoms with Crippen LogP contribution in [0.3, 0.4) is 0 Å². The average molecular weight is 203 g/mol. The third-order valence-electron chi connectivity index (χ3n) is 1.77. The molecule has 0 aromatic heterocycles. The Morgan fingerprint density at radius 2 is 1.85 bits per heavy atom. The molecule has 0 spiro atoms. The zero-order valence-electron chi connectivity index (χ0n) is 9.98. The molecule has 0 fully saturated rings. The minimum Gasteiger partial charge on any atom is -0.405 e. The summed E-state index contributed by atoms with van der Waals surface area (Å²) in [4.78, 5) is 0. The summed E-state index contributed by atoms with van der Waals surface area (Å²) in [6, 6.07) is 0. The SMILES string of the molecule is CCCN[C@@H](O[SiH](C)C)C(C)(C)C. The van der Waals surface area contributed by atoms with Gasteiger partial charge in [-0.15, -0.1) is 0 Å². The van der Waals surface area contributed by atoms with Gasteiger partial charge in [0.2, 0.25) is 0 Å². The molecular formula is C10H25NOSi. The molecule has 2 nitrogen and oxygen atoms in total. The van der Waals surface area contributed by atoms with Crippen LogP contribution in [-0.2, 0) is 4.43 Å². The van der Waals surface area contributed by atoms with Crippen molar-refractivity contribution in [3.63, 3.8) is 0 Å². The Morgan fingerprint density at radius 1 is 1.31 bits per heavy atom. The molecule has 0 aromatic carbocycles. The summed E-state index contributed by atoms with van der Waals surface area (Å²) in [5, 5.41) is 3.45. The quantitative estimate of drug-likeness (QED) is 0.547. The van der Waals surface area contributed by atoms with Gasteiger partial charge < -0.3 is 4.43 Å². The molecule has 13 heavy (non-hydrogen) atoms. The third kappa shape index (κ3) is 6.24. The molecule has 0 aromatic rings. The summed E-state index contributed by atoms with van der Waals surface area (Å²) < 4.78 is 5.94. The highest BCUT2D eigenvalue weighted by atomic mass is 28.3. The van der Waals surface area contributed by atoms with Crippen molar-refractivity contribution in [2.75, 3.05) is 6.54 Å². The van der Waals surface area contributed by atoms with Crippen molar-refractivity contribution in [2.24, 2.45) is 5.41 Å². The fourth-order valence-corrected chi connectivity index (χ4v) is 2.15. The zero-order chi connectivity index (χ0) is 10.5. The molecular weight excluding hydrogens is 178 g/mol. The van der Waals surface area contributed by atoms with Crippen molar-refractivity contribution in [1.82, 2.24) is 5.32 Å². The van der Waals surface area contributed by atoms with Crippen molar-refractivity contribution in [2.45, 2.75) is 53.4 Å². The lowest BCUT2D eigenvalue weighted by Crippen LogP contribution is -2.45. The van der Waals surface area contributed by atoms with E-state index in [9.17, 15) is 0 Å². The maximum atomic E-state index is 5.94. The first-order chi connectivity index (χ1) is 5.88. The first-order valence-corrected chi connectivity index (χ1v) is 8.04. The Morgan fingerprint density at radius 3 is 2.15 bits per heavy atom. The van der Waals surface area contributed by atoms with E-state index in [1.165, 1.54) is 0 Å². The smallest absolute Gasteiger partial charge is 0.173 e. The first-order valence-electron chi connectivity index (χ1n) is 5.26. The minimum absolute atomic E-state index is 0.201. The predicted octanol–water partition coefficient (Wildman–Crippen LogP) is 2.36. The van der Waals surface area contributed by atoms with Crippen LogP contribution in [0.4, 0.5) is 0 Å². The number of hydrogen-bond acceptors (Lipinski definition) is 2. The summed E-state index contributed by atoms with van der Waals surface area (Å²) in [6.07, 6.45) is 1.38. The molecule has 0 unspecified atom stereocenters. The summed E-state index contributed by atoms with van der Waals surface area (Å²) in [5.41, 5.74) is 0.201. The molecule has 0 bridgehead atoms. The lowest BCUT2D eigenvalue weighted by atomic mass is 9.94. The minimum atomic E-state index is -0.933. The van der Waals surface area contributed by atoms with Crippen LogP contribution < -0.4 is 5.32 Å². The molecule has 0 aliphatic rings. The van der Waals surface area contributed by atoms with Crippen molar-refractivity contribution in [3.8, 4) is 0 Å². The first kappa shape index (κ1) is 13.1. The molecule has 0 amide bonds. The molecule has 80 valence electrons. The second-order valence-electron chi connectivity index (χ2n) is 4.89. The molecule has 0 aliphatic carbocycles. The molecule has 0 radical (unpaired) electrons. The van der Waals surface area contributed by atoms with E-state index in [0.717, 1.165) is 13.0 Å². The molecule has 0 rings (SSSR count). The van der Waals surface area contributed by atoms with Crippen LogP contribution in [0.2, 0.25) is 13.1 Å². The van der Waals surface area contributed by atoms with E-state index in [2.05, 4.69) is 46.1 Å². The van der Waals surface area contributed by atoms with Gasteiger partial charge in [0.25, 0.3) is 0 Å². The molecule has 0 saturated heterocycles. The Labute approximate surface area is 84.8 Å². The van der Waals surface area contributed by atoms with Crippen LogP contribution in [0, 0.1) is 5.41 Å². The van der Waals surface area contributed by atoms with E-state index in [-0.39, 0.29) is 11.6 Å². The van der Waals surface area contributed by atoms with Gasteiger partial charge in [0.05, 0.1) is 0 Å². The highest BCUT2D eigenvalue weighted by Gasteiger charge is 2.25. The van der Waals surface area contributed by atoms with Crippen LogP contribution in [0.15, 0.2) is 0 Å². The third-order valence-corrected chi connectivity index (χ3v) is 2.59. The molecule has 0 saturated carbocycles. The lowest BCUT2D eigenvalue weighted by molar-refractivity contribution is 0.0559. The highest BCUT2D eigenvalue weighted by Crippen LogP contribution is 2.20. The Balaban J connectivity index is 4.03. The van der Waals surface area contributed by atoms with Crippen LogP contribution >= 0.6 is 0 Å². The van der Waals surface area contributed by atoms with Crippen LogP contribution in [0.1, 0.15) is 34.1 Å². The summed E-state index contributed by atoms with van der Waals surface area (Å²) in [7, 11) is -0.933. The second kappa shape index (κ2) is 5.78. The number of nitrogens with one attached hydrogen (secondary N) is 1. The predicted molar refractivity (Wildman–Crippen MR) is 61.5 cm³/mol. The normalized spacial score (nSPS) is 15.0. The van der Waals surface area contributed by atoms with Gasteiger partial charge in [-0.1, -0.05) is 27.7 Å². The number of rotatable bonds is 5. The van der Waals surface area contributed by atoms with Crippen LogP contribution in [-0.4, -0.2) is 21.8 Å². The van der Waals surface area contributed by atoms with E-state index in [1.807, 2.05) is 0 Å². The van der Waals surface area contributed by atoms with E-state index >= 15 is 0 Å². The maximum Gasteiger partial charge on any atom is 0.173 e. The Bertz CT molecular complexity index is 131. The van der Waals surface area contributed by atoms with Crippen molar-refractivity contribution in [3.05, 3.63) is 0 Å². The van der Waals surface area contributed by atoms with Gasteiger partial charge >= 0.3 is 0 Å². The second-order valence-corrected chi connectivity index (χ2v) is 7.25. The van der Waals surface area contributed by atoms with Gasteiger partial charge in [0.1, 0.15) is 6.23 Å². The van der Waals surface area contributed by atoms with E-state index in [0.29, 0.717) is 0 Å². The summed E-state index contributed by atoms with van der Waals surface area (Å²) in [5.74, 6) is 0. The van der Waals surface area contributed by atoms with Crippen molar-refractivity contribution < 1.29 is 4.43 Å². The van der Waals surface area contributed by atoms with E-state index < -0.39 is 9.04 Å². The monoisotopic (exact) mass is 203 g/mol. The molecule has 1 atom stereocenters. The molecule has 0 aliphatic heterocycles. The topological polar surface area (TPSA) is 21.3 Å². The standard InChI is InChI=1S/C10H25NOSi/c1-7-8-11-9(10(2,3)4)12-13(5)6/h9,11,13H,7-8H2,1-6H3/t9-/m0/s1. The van der Waals surface area contributed by atoms with E-state index in [1.54, 1.807) is 0 Å². The Kier molecular flexibility index (Phi) is 5.84. The zero-order valence-corrected chi connectivity index (χ0v) is 11.1. The summed E-state index contributed by atoms with van der Waals surface area (Å²) >= 11 is 0. The van der Waals surface area contributed by atoms with Gasteiger partial charge in [-0.3, -0.25) is 5.32 Å². The van der Waals surface area contributed by atoms with Crippen LogP contribution in [0.25, 0.3) is 0 Å². The maximum absolute atomic E-state index is 5.94. The number of hydrogen-bond donors (Lipinski definition) is 1. The molecule has 3 heteroatoms. The van der Waals surface area contributed by atoms with Gasteiger partial charge in [0.15, 0.2) is 9.04 Å². The van der Waals surface area contributed by atoms with Gasteiger partial charge in [-0.05, 0) is 26.1 Å². The van der Waals surface area contributed by atoms with Crippen molar-refractivity contribution in [1.29, 1.82) is 0 Å². The lowest BCUT2D eigenvalue weighted by Gasteiger charge is -2.33. The van der Waals surface area contributed by atoms with Gasteiger partial charge in [-0.2, -0.15) is 0 Å².